The fourth-order valence-electron chi connectivity index (χ4n) is 5.06. The predicted octanol–water partition coefficient (Wildman–Crippen LogP) is 5.43. The minimum atomic E-state index is -4.10. The molecular weight excluding hydrogens is 602 g/mol. The highest BCUT2D eigenvalue weighted by Gasteiger charge is 2.29. The SMILES string of the molecule is COc1ccc(C(=O)N2CCc3ccc(NC(=O)CN(CCc4ccccc4)S(=O)(=O)c4ccc(OC)c(Cl)c4)cc32)cc1. The van der Waals surface area contributed by atoms with Crippen molar-refractivity contribution >= 4 is 44.8 Å². The normalized spacial score (nSPS) is 12.6. The van der Waals surface area contributed by atoms with E-state index in [-0.39, 0.29) is 22.4 Å². The second-order valence-corrected chi connectivity index (χ2v) is 12.5. The van der Waals surface area contributed by atoms with Gasteiger partial charge in [0.05, 0.1) is 30.7 Å². The number of anilines is 2. The smallest absolute Gasteiger partial charge is 0.258 e. The highest BCUT2D eigenvalue weighted by atomic mass is 35.5. The van der Waals surface area contributed by atoms with Crippen molar-refractivity contribution in [2.45, 2.75) is 17.7 Å². The van der Waals surface area contributed by atoms with Gasteiger partial charge in [-0.05, 0) is 78.6 Å². The minimum absolute atomic E-state index is 0.0469. The first kappa shape index (κ1) is 31.1. The van der Waals surface area contributed by atoms with E-state index in [1.54, 1.807) is 48.4 Å². The fourth-order valence-corrected chi connectivity index (χ4v) is 6.80. The lowest BCUT2D eigenvalue weighted by molar-refractivity contribution is -0.116. The number of ether oxygens (including phenoxy) is 2. The molecule has 1 aliphatic rings. The number of hydrogen-bond acceptors (Lipinski definition) is 6. The molecule has 1 N–H and O–H groups in total. The van der Waals surface area contributed by atoms with Crippen molar-refractivity contribution < 1.29 is 27.5 Å². The maximum absolute atomic E-state index is 13.7. The number of amides is 2. The molecule has 5 rings (SSSR count). The zero-order chi connectivity index (χ0) is 31.3. The van der Waals surface area contributed by atoms with Crippen LogP contribution in [0.3, 0.4) is 0 Å². The van der Waals surface area contributed by atoms with E-state index in [4.69, 9.17) is 21.1 Å². The molecule has 0 saturated carbocycles. The number of methoxy groups -OCH3 is 2. The van der Waals surface area contributed by atoms with Crippen LogP contribution < -0.4 is 19.7 Å². The van der Waals surface area contributed by atoms with Gasteiger partial charge in [-0.25, -0.2) is 8.42 Å². The van der Waals surface area contributed by atoms with E-state index in [1.165, 1.54) is 25.3 Å². The predicted molar refractivity (Wildman–Crippen MR) is 170 cm³/mol. The quantitative estimate of drug-likeness (QED) is 0.236. The van der Waals surface area contributed by atoms with Crippen LogP contribution in [0.25, 0.3) is 0 Å². The lowest BCUT2D eigenvalue weighted by Gasteiger charge is -2.23. The van der Waals surface area contributed by atoms with Crippen LogP contribution in [0.4, 0.5) is 11.4 Å². The summed E-state index contributed by atoms with van der Waals surface area (Å²) < 4.78 is 39.0. The number of nitrogens with one attached hydrogen (secondary N) is 1. The van der Waals surface area contributed by atoms with Crippen molar-refractivity contribution in [3.8, 4) is 11.5 Å². The van der Waals surface area contributed by atoms with Gasteiger partial charge in [0.2, 0.25) is 15.9 Å². The molecule has 1 aliphatic heterocycles. The zero-order valence-corrected chi connectivity index (χ0v) is 25.9. The van der Waals surface area contributed by atoms with Crippen LogP contribution in [0.1, 0.15) is 21.5 Å². The Labute approximate surface area is 262 Å². The number of carbonyl (C=O) groups is 2. The molecule has 1 heterocycles. The van der Waals surface area contributed by atoms with Crippen LogP contribution in [0.2, 0.25) is 5.02 Å². The Morgan fingerprint density at radius 1 is 0.932 bits per heavy atom. The Morgan fingerprint density at radius 2 is 1.68 bits per heavy atom. The van der Waals surface area contributed by atoms with Crippen LogP contribution in [0, 0.1) is 0 Å². The molecule has 0 saturated heterocycles. The summed E-state index contributed by atoms with van der Waals surface area (Å²) in [7, 11) is -1.09. The monoisotopic (exact) mass is 633 g/mol. The maximum atomic E-state index is 13.7. The molecule has 9 nitrogen and oxygen atoms in total. The average molecular weight is 634 g/mol. The number of sulfonamides is 1. The molecule has 0 bridgehead atoms. The van der Waals surface area contributed by atoms with Crippen molar-refractivity contribution in [1.82, 2.24) is 4.31 Å². The number of halogens is 1. The summed E-state index contributed by atoms with van der Waals surface area (Å²) >= 11 is 6.24. The highest BCUT2D eigenvalue weighted by molar-refractivity contribution is 7.89. The van der Waals surface area contributed by atoms with Gasteiger partial charge in [0.1, 0.15) is 11.5 Å². The Kier molecular flexibility index (Phi) is 9.53. The Hall–Kier alpha value is -4.38. The molecule has 0 atom stereocenters. The topological polar surface area (TPSA) is 105 Å². The molecule has 228 valence electrons. The summed E-state index contributed by atoms with van der Waals surface area (Å²) in [6.07, 6.45) is 1.08. The molecule has 4 aromatic rings. The number of hydrogen-bond donors (Lipinski definition) is 1. The molecule has 11 heteroatoms. The number of nitrogens with zero attached hydrogens (tertiary/aromatic N) is 2. The van der Waals surface area contributed by atoms with Gasteiger partial charge in [-0.3, -0.25) is 9.59 Å². The molecule has 0 aliphatic carbocycles. The largest absolute Gasteiger partial charge is 0.497 e. The molecule has 0 fully saturated rings. The van der Waals surface area contributed by atoms with E-state index in [9.17, 15) is 18.0 Å². The van der Waals surface area contributed by atoms with E-state index in [0.29, 0.717) is 47.8 Å². The molecule has 4 aromatic carbocycles. The van der Waals surface area contributed by atoms with Crippen LogP contribution >= 0.6 is 11.6 Å². The van der Waals surface area contributed by atoms with Crippen molar-refractivity contribution in [1.29, 1.82) is 0 Å². The van der Waals surface area contributed by atoms with E-state index < -0.39 is 22.5 Å². The van der Waals surface area contributed by atoms with Crippen LogP contribution in [0.5, 0.6) is 11.5 Å². The van der Waals surface area contributed by atoms with Gasteiger partial charge < -0.3 is 19.7 Å². The van der Waals surface area contributed by atoms with E-state index in [2.05, 4.69) is 5.32 Å². The summed E-state index contributed by atoms with van der Waals surface area (Å²) in [4.78, 5) is 28.2. The van der Waals surface area contributed by atoms with Gasteiger partial charge in [-0.15, -0.1) is 0 Å². The molecule has 0 spiro atoms. The zero-order valence-electron chi connectivity index (χ0n) is 24.3. The van der Waals surface area contributed by atoms with Crippen molar-refractivity contribution in [3.05, 3.63) is 113 Å². The van der Waals surface area contributed by atoms with Crippen LogP contribution in [-0.4, -0.2) is 58.4 Å². The van der Waals surface area contributed by atoms with Gasteiger partial charge in [0.25, 0.3) is 5.91 Å². The van der Waals surface area contributed by atoms with Gasteiger partial charge in [0.15, 0.2) is 0 Å². The molecule has 0 unspecified atom stereocenters. The second kappa shape index (κ2) is 13.5. The summed E-state index contributed by atoms with van der Waals surface area (Å²) in [6, 6.07) is 25.9. The molecule has 0 radical (unpaired) electrons. The first-order valence-corrected chi connectivity index (χ1v) is 15.8. The first-order chi connectivity index (χ1) is 21.2. The standard InChI is InChI=1S/C33H32ClN3O6S/c1-42-27-12-9-25(10-13-27)33(39)37-19-17-24-8-11-26(20-30(24)37)35-32(38)22-36(18-16-23-6-4-3-5-7-23)44(40,41)28-14-15-31(43-2)29(34)21-28/h3-15,20-21H,16-19,22H2,1-2H3,(H,35,38). The van der Waals surface area contributed by atoms with Gasteiger partial charge >= 0.3 is 0 Å². The third-order valence-corrected chi connectivity index (χ3v) is 9.56. The third kappa shape index (κ3) is 6.88. The Balaban J connectivity index is 1.35. The van der Waals surface area contributed by atoms with Gasteiger partial charge in [-0.1, -0.05) is 48.0 Å². The Bertz CT molecular complexity index is 1760. The number of carbonyl (C=O) groups excluding carboxylic acids is 2. The second-order valence-electron chi connectivity index (χ2n) is 10.2. The van der Waals surface area contributed by atoms with Crippen molar-refractivity contribution in [2.24, 2.45) is 0 Å². The van der Waals surface area contributed by atoms with Crippen molar-refractivity contribution in [2.75, 3.05) is 44.1 Å². The average Bonchev–Trinajstić information content (AvgIpc) is 3.46. The lowest BCUT2D eigenvalue weighted by atomic mass is 10.1. The first-order valence-electron chi connectivity index (χ1n) is 14.0. The maximum Gasteiger partial charge on any atom is 0.258 e. The van der Waals surface area contributed by atoms with Crippen molar-refractivity contribution in [3.63, 3.8) is 0 Å². The van der Waals surface area contributed by atoms with Crippen LogP contribution in [-0.2, 0) is 27.7 Å². The fraction of sp³-hybridized carbons (Fsp3) is 0.212. The van der Waals surface area contributed by atoms with Gasteiger partial charge in [0, 0.05) is 30.0 Å². The molecule has 0 aromatic heterocycles. The molecular formula is C33H32ClN3O6S. The summed E-state index contributed by atoms with van der Waals surface area (Å²) in [5.41, 5.74) is 3.58. The van der Waals surface area contributed by atoms with E-state index >= 15 is 0 Å². The molecule has 44 heavy (non-hydrogen) atoms. The Morgan fingerprint density at radius 3 is 2.36 bits per heavy atom. The highest BCUT2D eigenvalue weighted by Crippen LogP contribution is 2.33. The minimum Gasteiger partial charge on any atom is -0.497 e. The van der Waals surface area contributed by atoms with E-state index in [0.717, 1.165) is 15.4 Å². The number of fused-ring (bicyclic) bond motifs is 1. The van der Waals surface area contributed by atoms with Crippen LogP contribution in [0.15, 0.2) is 95.9 Å². The van der Waals surface area contributed by atoms with Gasteiger partial charge in [-0.2, -0.15) is 4.31 Å². The summed E-state index contributed by atoms with van der Waals surface area (Å²) in [6.45, 7) is 0.148. The number of benzene rings is 4. The third-order valence-electron chi connectivity index (χ3n) is 7.42. The summed E-state index contributed by atoms with van der Waals surface area (Å²) in [5, 5.41) is 2.97. The number of rotatable bonds is 11. The van der Waals surface area contributed by atoms with E-state index in [1.807, 2.05) is 36.4 Å². The lowest BCUT2D eigenvalue weighted by Crippen LogP contribution is -2.39. The summed E-state index contributed by atoms with van der Waals surface area (Å²) in [5.74, 6) is 0.317. The molecule has 2 amide bonds.